The fourth-order valence-corrected chi connectivity index (χ4v) is 3.35. The van der Waals surface area contributed by atoms with E-state index in [1.165, 1.54) is 4.70 Å². The van der Waals surface area contributed by atoms with Gasteiger partial charge in [0.05, 0.1) is 31.7 Å². The van der Waals surface area contributed by atoms with E-state index in [2.05, 4.69) is 21.2 Å². The second-order valence-electron chi connectivity index (χ2n) is 3.72. The molecular formula is C11H12Cl2N2OS. The van der Waals surface area contributed by atoms with E-state index in [1.54, 1.807) is 11.5 Å². The van der Waals surface area contributed by atoms with Gasteiger partial charge in [-0.3, -0.25) is 0 Å². The zero-order valence-electron chi connectivity index (χ0n) is 9.10. The molecule has 1 aliphatic rings. The van der Waals surface area contributed by atoms with Gasteiger partial charge in [-0.05, 0) is 27.8 Å². The fourth-order valence-electron chi connectivity index (χ4n) is 1.87. The van der Waals surface area contributed by atoms with Gasteiger partial charge in [0.25, 0.3) is 0 Å². The lowest BCUT2D eigenvalue weighted by Crippen LogP contribution is -3.00. The molecule has 0 radical (unpaired) electrons. The van der Waals surface area contributed by atoms with Crippen molar-refractivity contribution in [2.75, 3.05) is 31.3 Å². The number of benzene rings is 1. The van der Waals surface area contributed by atoms with Gasteiger partial charge in [-0.1, -0.05) is 12.1 Å². The molecule has 0 bridgehead atoms. The van der Waals surface area contributed by atoms with Crippen LogP contribution in [0.4, 0.5) is 0 Å². The van der Waals surface area contributed by atoms with Gasteiger partial charge in [-0.15, -0.1) is 0 Å². The highest BCUT2D eigenvalue weighted by Crippen LogP contribution is 2.24. The minimum absolute atomic E-state index is 0. The Hall–Kier alpha value is -0.550. The summed E-state index contributed by atoms with van der Waals surface area (Å²) in [5.41, 5.74) is 0. The molecule has 1 aliphatic heterocycles. The van der Waals surface area contributed by atoms with Crippen LogP contribution in [-0.2, 0) is 4.74 Å². The summed E-state index contributed by atoms with van der Waals surface area (Å²) in [5, 5.41) is 4.17. The van der Waals surface area contributed by atoms with Crippen LogP contribution in [-0.4, -0.2) is 26.3 Å². The Morgan fingerprint density at radius 2 is 1.94 bits per heavy atom. The van der Waals surface area contributed by atoms with Crippen LogP contribution in [0.15, 0.2) is 24.3 Å². The summed E-state index contributed by atoms with van der Waals surface area (Å²) in [6.45, 7) is 3.35. The van der Waals surface area contributed by atoms with E-state index in [-0.39, 0.29) is 12.4 Å². The van der Waals surface area contributed by atoms with Gasteiger partial charge >= 0.3 is 5.15 Å². The lowest BCUT2D eigenvalue weighted by atomic mass is 10.3. The van der Waals surface area contributed by atoms with Crippen molar-refractivity contribution in [3.8, 4) is 0 Å². The standard InChI is InChI=1S/C11H12ClN2OS.ClH/c12-11-9-3-1-2-4-10(9)16-14(11)13-5-7-15-8-6-13;/h1-4H,5-8H2;1H/q+1;/p-1. The Morgan fingerprint density at radius 3 is 2.65 bits per heavy atom. The van der Waals surface area contributed by atoms with Crippen LogP contribution in [0.25, 0.3) is 10.1 Å². The van der Waals surface area contributed by atoms with Gasteiger partial charge in [0.2, 0.25) is 0 Å². The largest absolute Gasteiger partial charge is 1.00 e. The van der Waals surface area contributed by atoms with Gasteiger partial charge in [-0.2, -0.15) is 5.01 Å². The fraction of sp³-hybridized carbons (Fsp3) is 0.364. The third-order valence-corrected chi connectivity index (χ3v) is 4.31. The molecule has 6 heteroatoms. The summed E-state index contributed by atoms with van der Waals surface area (Å²) in [5.74, 6) is 0. The number of ether oxygens (including phenoxy) is 1. The molecule has 0 unspecified atom stereocenters. The first-order valence-electron chi connectivity index (χ1n) is 5.29. The number of hydrogen-bond acceptors (Lipinski definition) is 3. The molecule has 3 rings (SSSR count). The number of aromatic nitrogens is 1. The number of rotatable bonds is 1. The van der Waals surface area contributed by atoms with Crippen LogP contribution in [0, 0.1) is 0 Å². The lowest BCUT2D eigenvalue weighted by Gasteiger charge is -2.20. The predicted octanol–water partition coefficient (Wildman–Crippen LogP) is -1.19. The minimum atomic E-state index is 0. The van der Waals surface area contributed by atoms with E-state index in [0.29, 0.717) is 0 Å². The SMILES string of the molecule is Clc1c2ccccc2s[n+]1N1CCOCC1.[Cl-]. The Morgan fingerprint density at radius 1 is 1.24 bits per heavy atom. The molecule has 2 heterocycles. The molecule has 0 N–H and O–H groups in total. The average Bonchev–Trinajstić information content (AvgIpc) is 2.69. The Balaban J connectivity index is 0.00000108. The first-order valence-corrected chi connectivity index (χ1v) is 6.44. The molecule has 17 heavy (non-hydrogen) atoms. The second kappa shape index (κ2) is 5.40. The minimum Gasteiger partial charge on any atom is -1.00 e. The number of fused-ring (bicyclic) bond motifs is 1. The maximum Gasteiger partial charge on any atom is 0.327 e. The molecule has 1 aromatic carbocycles. The van der Waals surface area contributed by atoms with Crippen molar-refractivity contribution in [2.24, 2.45) is 0 Å². The second-order valence-corrected chi connectivity index (χ2v) is 5.04. The lowest BCUT2D eigenvalue weighted by molar-refractivity contribution is -0.625. The molecule has 1 fully saturated rings. The topological polar surface area (TPSA) is 16.4 Å². The molecule has 1 aromatic heterocycles. The third kappa shape index (κ3) is 2.36. The normalized spacial score (nSPS) is 15.9. The van der Waals surface area contributed by atoms with Crippen LogP contribution in [0.1, 0.15) is 0 Å². The maximum absolute atomic E-state index is 6.38. The zero-order valence-corrected chi connectivity index (χ0v) is 11.4. The van der Waals surface area contributed by atoms with Crippen LogP contribution in [0.2, 0.25) is 5.15 Å². The summed E-state index contributed by atoms with van der Waals surface area (Å²) < 4.78 is 8.64. The molecule has 92 valence electrons. The van der Waals surface area contributed by atoms with Crippen LogP contribution < -0.4 is 21.5 Å². The van der Waals surface area contributed by atoms with E-state index in [9.17, 15) is 0 Å². The zero-order chi connectivity index (χ0) is 11.0. The van der Waals surface area contributed by atoms with Crippen molar-refractivity contribution in [1.82, 2.24) is 0 Å². The molecule has 0 aliphatic carbocycles. The number of hydrogen-bond donors (Lipinski definition) is 0. The molecule has 0 amide bonds. The van der Waals surface area contributed by atoms with E-state index in [1.807, 2.05) is 12.1 Å². The number of morpholine rings is 1. The molecular weight excluding hydrogens is 279 g/mol. The summed E-state index contributed by atoms with van der Waals surface area (Å²) in [7, 11) is 0. The van der Waals surface area contributed by atoms with Crippen molar-refractivity contribution in [2.45, 2.75) is 0 Å². The quantitative estimate of drug-likeness (QED) is 0.615. The molecule has 0 atom stereocenters. The summed E-state index contributed by atoms with van der Waals surface area (Å²) >= 11 is 8.07. The first-order chi connectivity index (χ1) is 7.86. The maximum atomic E-state index is 6.38. The van der Waals surface area contributed by atoms with Gasteiger partial charge in [0.15, 0.2) is 11.5 Å². The third-order valence-electron chi connectivity index (χ3n) is 2.71. The smallest absolute Gasteiger partial charge is 0.327 e. The Labute approximate surface area is 115 Å². The highest BCUT2D eigenvalue weighted by atomic mass is 35.5. The molecule has 0 spiro atoms. The van der Waals surface area contributed by atoms with E-state index >= 15 is 0 Å². The van der Waals surface area contributed by atoms with Crippen LogP contribution >= 0.6 is 23.1 Å². The van der Waals surface area contributed by atoms with E-state index in [4.69, 9.17) is 16.3 Å². The number of halogens is 2. The summed E-state index contributed by atoms with van der Waals surface area (Å²) in [6, 6.07) is 8.22. The Kier molecular flexibility index (Phi) is 4.09. The summed E-state index contributed by atoms with van der Waals surface area (Å²) in [4.78, 5) is 0. The summed E-state index contributed by atoms with van der Waals surface area (Å²) in [6.07, 6.45) is 0. The first kappa shape index (κ1) is 12.9. The predicted molar refractivity (Wildman–Crippen MR) is 65.8 cm³/mol. The highest BCUT2D eigenvalue weighted by molar-refractivity contribution is 7.10. The molecule has 1 saturated heterocycles. The van der Waals surface area contributed by atoms with Crippen molar-refractivity contribution in [3.63, 3.8) is 0 Å². The van der Waals surface area contributed by atoms with Gasteiger partial charge in [-0.25, -0.2) is 0 Å². The van der Waals surface area contributed by atoms with E-state index in [0.717, 1.165) is 36.8 Å². The monoisotopic (exact) mass is 290 g/mol. The van der Waals surface area contributed by atoms with Gasteiger partial charge in [0, 0.05) is 0 Å². The highest BCUT2D eigenvalue weighted by Gasteiger charge is 2.26. The molecule has 0 saturated carbocycles. The Bertz CT molecular complexity index is 511. The average molecular weight is 291 g/mol. The van der Waals surface area contributed by atoms with Gasteiger partial charge in [0.1, 0.15) is 4.70 Å². The van der Waals surface area contributed by atoms with Crippen molar-refractivity contribution in [1.29, 1.82) is 0 Å². The van der Waals surface area contributed by atoms with E-state index < -0.39 is 0 Å². The van der Waals surface area contributed by atoms with Crippen LogP contribution in [0.3, 0.4) is 0 Å². The van der Waals surface area contributed by atoms with Crippen LogP contribution in [0.5, 0.6) is 0 Å². The van der Waals surface area contributed by atoms with Gasteiger partial charge < -0.3 is 17.1 Å². The molecule has 2 aromatic rings. The van der Waals surface area contributed by atoms with Crippen molar-refractivity contribution < 1.29 is 21.2 Å². The van der Waals surface area contributed by atoms with Crippen molar-refractivity contribution in [3.05, 3.63) is 29.4 Å². The molecule has 3 nitrogen and oxygen atoms in total. The van der Waals surface area contributed by atoms with Crippen molar-refractivity contribution >= 4 is 33.2 Å². The number of nitrogens with zero attached hydrogens (tertiary/aromatic N) is 2.